The first kappa shape index (κ1) is 9.22. The number of para-hydroxylation sites is 1. The van der Waals surface area contributed by atoms with Crippen LogP contribution >= 0.6 is 0 Å². The lowest BCUT2D eigenvalue weighted by Crippen LogP contribution is -2.40. The number of benzene rings is 1. The fraction of sp³-hybridized carbons (Fsp3) is 0.538. The molecule has 1 aliphatic heterocycles. The Morgan fingerprint density at radius 3 is 2.80 bits per heavy atom. The summed E-state index contributed by atoms with van der Waals surface area (Å²) in [7, 11) is 0. The van der Waals surface area contributed by atoms with Crippen molar-refractivity contribution in [1.82, 2.24) is 0 Å². The molecule has 2 unspecified atom stereocenters. The summed E-state index contributed by atoms with van der Waals surface area (Å²) >= 11 is 0. The molecule has 0 spiro atoms. The van der Waals surface area contributed by atoms with Crippen molar-refractivity contribution in [2.75, 3.05) is 0 Å². The average Bonchev–Trinajstić information content (AvgIpc) is 3.00. The van der Waals surface area contributed by atoms with Crippen molar-refractivity contribution in [2.24, 2.45) is 5.92 Å². The summed E-state index contributed by atoms with van der Waals surface area (Å²) in [6.07, 6.45) is 2.85. The van der Waals surface area contributed by atoms with Crippen molar-refractivity contribution in [3.63, 3.8) is 0 Å². The molecule has 2 heteroatoms. The van der Waals surface area contributed by atoms with Gasteiger partial charge in [-0.3, -0.25) is 0 Å². The summed E-state index contributed by atoms with van der Waals surface area (Å²) in [5.41, 5.74) is 0.795. The number of aliphatic hydroxyl groups is 1. The second-order valence-corrected chi connectivity index (χ2v) is 4.95. The Balaban J connectivity index is 1.98. The van der Waals surface area contributed by atoms with Crippen LogP contribution in [0.25, 0.3) is 0 Å². The summed E-state index contributed by atoms with van der Waals surface area (Å²) in [6, 6.07) is 7.82. The van der Waals surface area contributed by atoms with Gasteiger partial charge in [-0.05, 0) is 31.7 Å². The van der Waals surface area contributed by atoms with Gasteiger partial charge in [-0.15, -0.1) is 0 Å². The molecular weight excluding hydrogens is 188 g/mol. The van der Waals surface area contributed by atoms with E-state index in [0.29, 0.717) is 5.92 Å². The minimum atomic E-state index is -0.361. The predicted molar refractivity (Wildman–Crippen MR) is 57.8 cm³/mol. The van der Waals surface area contributed by atoms with E-state index in [1.54, 1.807) is 0 Å². The minimum absolute atomic E-state index is 0.145. The number of aliphatic hydroxyl groups excluding tert-OH is 1. The van der Waals surface area contributed by atoms with E-state index < -0.39 is 0 Å². The van der Waals surface area contributed by atoms with Crippen molar-refractivity contribution >= 4 is 0 Å². The molecule has 0 saturated heterocycles. The quantitative estimate of drug-likeness (QED) is 0.762. The molecule has 1 aliphatic carbocycles. The van der Waals surface area contributed by atoms with Crippen LogP contribution in [0.1, 0.15) is 37.9 Å². The zero-order chi connectivity index (χ0) is 10.5. The molecule has 0 aromatic heterocycles. The van der Waals surface area contributed by atoms with Gasteiger partial charge in [0.15, 0.2) is 0 Å². The van der Waals surface area contributed by atoms with Gasteiger partial charge in [-0.25, -0.2) is 0 Å². The Labute approximate surface area is 89.9 Å². The van der Waals surface area contributed by atoms with Crippen molar-refractivity contribution in [3.05, 3.63) is 29.8 Å². The maximum atomic E-state index is 10.1. The molecule has 2 aliphatic rings. The molecule has 1 aromatic carbocycles. The SMILES string of the molecule is CC1(C2CC2)CC(O)c2ccccc2O1. The highest BCUT2D eigenvalue weighted by Crippen LogP contribution is 2.50. The van der Waals surface area contributed by atoms with Crippen LogP contribution in [0.4, 0.5) is 0 Å². The van der Waals surface area contributed by atoms with Gasteiger partial charge in [0.25, 0.3) is 0 Å². The number of ether oxygens (including phenoxy) is 1. The van der Waals surface area contributed by atoms with Gasteiger partial charge in [0.1, 0.15) is 11.4 Å². The van der Waals surface area contributed by atoms with Crippen molar-refractivity contribution < 1.29 is 9.84 Å². The first-order valence-electron chi connectivity index (χ1n) is 5.65. The molecule has 15 heavy (non-hydrogen) atoms. The van der Waals surface area contributed by atoms with Crippen molar-refractivity contribution in [3.8, 4) is 5.75 Å². The number of hydrogen-bond donors (Lipinski definition) is 1. The molecular formula is C13H16O2. The van der Waals surface area contributed by atoms with E-state index >= 15 is 0 Å². The van der Waals surface area contributed by atoms with Crippen LogP contribution in [-0.2, 0) is 0 Å². The Bertz CT molecular complexity index is 384. The van der Waals surface area contributed by atoms with Crippen LogP contribution in [-0.4, -0.2) is 10.7 Å². The molecule has 0 radical (unpaired) electrons. The van der Waals surface area contributed by atoms with E-state index in [1.165, 1.54) is 12.8 Å². The number of fused-ring (bicyclic) bond motifs is 1. The maximum absolute atomic E-state index is 10.1. The minimum Gasteiger partial charge on any atom is -0.487 e. The zero-order valence-corrected chi connectivity index (χ0v) is 8.94. The third-order valence-corrected chi connectivity index (χ3v) is 3.66. The molecule has 1 aromatic rings. The van der Waals surface area contributed by atoms with Crippen LogP contribution in [0.2, 0.25) is 0 Å². The van der Waals surface area contributed by atoms with Gasteiger partial charge in [-0.1, -0.05) is 18.2 Å². The van der Waals surface area contributed by atoms with Gasteiger partial charge in [-0.2, -0.15) is 0 Å². The highest BCUT2D eigenvalue weighted by Gasteiger charge is 2.47. The molecule has 0 amide bonds. The Morgan fingerprint density at radius 1 is 1.33 bits per heavy atom. The molecule has 1 N–H and O–H groups in total. The van der Waals surface area contributed by atoms with E-state index in [1.807, 2.05) is 24.3 Å². The lowest BCUT2D eigenvalue weighted by atomic mass is 9.87. The Hall–Kier alpha value is -1.02. The fourth-order valence-corrected chi connectivity index (χ4v) is 2.58. The lowest BCUT2D eigenvalue weighted by molar-refractivity contribution is -0.0166. The van der Waals surface area contributed by atoms with E-state index in [-0.39, 0.29) is 11.7 Å². The number of rotatable bonds is 1. The van der Waals surface area contributed by atoms with Gasteiger partial charge < -0.3 is 9.84 Å². The first-order chi connectivity index (χ1) is 7.19. The highest BCUT2D eigenvalue weighted by molar-refractivity contribution is 5.38. The summed E-state index contributed by atoms with van der Waals surface area (Å²) in [6.45, 7) is 2.13. The second kappa shape index (κ2) is 2.99. The predicted octanol–water partition coefficient (Wildman–Crippen LogP) is 2.67. The second-order valence-electron chi connectivity index (χ2n) is 4.95. The zero-order valence-electron chi connectivity index (χ0n) is 8.94. The maximum Gasteiger partial charge on any atom is 0.125 e. The molecule has 2 atom stereocenters. The molecule has 2 nitrogen and oxygen atoms in total. The third kappa shape index (κ3) is 1.44. The van der Waals surface area contributed by atoms with E-state index in [0.717, 1.165) is 17.7 Å². The Morgan fingerprint density at radius 2 is 2.07 bits per heavy atom. The van der Waals surface area contributed by atoms with Crippen molar-refractivity contribution in [1.29, 1.82) is 0 Å². The van der Waals surface area contributed by atoms with Gasteiger partial charge in [0, 0.05) is 12.0 Å². The van der Waals surface area contributed by atoms with Gasteiger partial charge >= 0.3 is 0 Å². The molecule has 1 heterocycles. The topological polar surface area (TPSA) is 29.5 Å². The fourth-order valence-electron chi connectivity index (χ4n) is 2.58. The standard InChI is InChI=1S/C13H16O2/c1-13(9-6-7-9)8-11(14)10-4-2-3-5-12(10)15-13/h2-5,9,11,14H,6-8H2,1H3. The molecule has 1 saturated carbocycles. The summed E-state index contributed by atoms with van der Waals surface area (Å²) in [5, 5.41) is 10.1. The van der Waals surface area contributed by atoms with Crippen molar-refractivity contribution in [2.45, 2.75) is 37.9 Å². The summed E-state index contributed by atoms with van der Waals surface area (Å²) in [4.78, 5) is 0. The third-order valence-electron chi connectivity index (χ3n) is 3.66. The van der Waals surface area contributed by atoms with E-state index in [9.17, 15) is 5.11 Å². The molecule has 0 bridgehead atoms. The Kier molecular flexibility index (Phi) is 1.84. The monoisotopic (exact) mass is 204 g/mol. The summed E-state index contributed by atoms with van der Waals surface area (Å²) < 4.78 is 6.05. The van der Waals surface area contributed by atoms with Gasteiger partial charge in [0.2, 0.25) is 0 Å². The summed E-state index contributed by atoms with van der Waals surface area (Å²) in [5.74, 6) is 1.51. The van der Waals surface area contributed by atoms with E-state index in [2.05, 4.69) is 6.92 Å². The normalized spacial score (nSPS) is 34.4. The largest absolute Gasteiger partial charge is 0.487 e. The lowest BCUT2D eigenvalue weighted by Gasteiger charge is -2.38. The first-order valence-corrected chi connectivity index (χ1v) is 5.65. The van der Waals surface area contributed by atoms with E-state index in [4.69, 9.17) is 4.74 Å². The van der Waals surface area contributed by atoms with Gasteiger partial charge in [0.05, 0.1) is 6.10 Å². The van der Waals surface area contributed by atoms with Crippen LogP contribution in [0.15, 0.2) is 24.3 Å². The molecule has 1 fully saturated rings. The van der Waals surface area contributed by atoms with Crippen LogP contribution in [0.5, 0.6) is 5.75 Å². The number of hydrogen-bond acceptors (Lipinski definition) is 2. The molecule has 3 rings (SSSR count). The van der Waals surface area contributed by atoms with Crippen LogP contribution < -0.4 is 4.74 Å². The highest BCUT2D eigenvalue weighted by atomic mass is 16.5. The van der Waals surface area contributed by atoms with Crippen LogP contribution in [0, 0.1) is 5.92 Å². The molecule has 80 valence electrons. The van der Waals surface area contributed by atoms with Crippen LogP contribution in [0.3, 0.4) is 0 Å². The smallest absolute Gasteiger partial charge is 0.125 e. The average molecular weight is 204 g/mol.